The monoisotopic (exact) mass is 279 g/mol. The molecule has 0 fully saturated rings. The molecular weight excluding hydrogens is 266 g/mol. The summed E-state index contributed by atoms with van der Waals surface area (Å²) < 4.78 is 26.6. The Kier molecular flexibility index (Phi) is 3.34. The van der Waals surface area contributed by atoms with Crippen LogP contribution in [0.1, 0.15) is 11.1 Å². The molecule has 0 unspecified atom stereocenters. The smallest absolute Gasteiger partial charge is 0.266 e. The maximum atomic E-state index is 12.2. The number of nitrogens with one attached hydrogen (secondary N) is 1. The second-order valence-corrected chi connectivity index (χ2v) is 5.70. The molecule has 0 atom stereocenters. The third-order valence-electron chi connectivity index (χ3n) is 2.62. The minimum Gasteiger partial charge on any atom is -0.398 e. The van der Waals surface area contributed by atoms with Crippen LogP contribution in [0.5, 0.6) is 0 Å². The summed E-state index contributed by atoms with van der Waals surface area (Å²) in [5, 5.41) is 7.11. The standard InChI is InChI=1S/C11H13N5O2S/c1-7-5-9(12)10(6-8(7)2)19(17,18)16-11-13-3-4-14-15-11/h3-6H,12H2,1-2H3,(H,13,15,16). The number of rotatable bonds is 3. The van der Waals surface area contributed by atoms with Gasteiger partial charge in [0.2, 0.25) is 0 Å². The van der Waals surface area contributed by atoms with Gasteiger partial charge in [0.25, 0.3) is 16.0 Å². The van der Waals surface area contributed by atoms with E-state index in [9.17, 15) is 8.42 Å². The average molecular weight is 279 g/mol. The summed E-state index contributed by atoms with van der Waals surface area (Å²) >= 11 is 0. The van der Waals surface area contributed by atoms with Crippen LogP contribution in [0.25, 0.3) is 0 Å². The molecule has 0 saturated carbocycles. The van der Waals surface area contributed by atoms with Crippen molar-refractivity contribution in [3.8, 4) is 0 Å². The molecule has 1 aromatic heterocycles. The Hall–Kier alpha value is -2.22. The summed E-state index contributed by atoms with van der Waals surface area (Å²) in [6.07, 6.45) is 2.69. The van der Waals surface area contributed by atoms with E-state index in [0.717, 1.165) is 11.1 Å². The molecule has 0 aliphatic carbocycles. The topological polar surface area (TPSA) is 111 Å². The zero-order valence-corrected chi connectivity index (χ0v) is 11.3. The fourth-order valence-electron chi connectivity index (χ4n) is 1.51. The zero-order valence-electron chi connectivity index (χ0n) is 10.5. The van der Waals surface area contributed by atoms with Gasteiger partial charge < -0.3 is 5.73 Å². The van der Waals surface area contributed by atoms with Gasteiger partial charge in [0.1, 0.15) is 4.90 Å². The molecule has 0 bridgehead atoms. The normalized spacial score (nSPS) is 11.3. The molecule has 1 aromatic carbocycles. The van der Waals surface area contributed by atoms with Crippen LogP contribution in [0.3, 0.4) is 0 Å². The van der Waals surface area contributed by atoms with Crippen LogP contribution in [-0.2, 0) is 10.0 Å². The molecule has 7 nitrogen and oxygen atoms in total. The molecule has 2 rings (SSSR count). The molecule has 0 aliphatic rings. The molecule has 8 heteroatoms. The minimum atomic E-state index is -3.82. The van der Waals surface area contributed by atoms with Crippen molar-refractivity contribution in [2.45, 2.75) is 18.7 Å². The van der Waals surface area contributed by atoms with Crippen molar-refractivity contribution in [3.63, 3.8) is 0 Å². The van der Waals surface area contributed by atoms with Crippen molar-refractivity contribution in [1.29, 1.82) is 0 Å². The van der Waals surface area contributed by atoms with Crippen molar-refractivity contribution in [3.05, 3.63) is 35.7 Å². The first kappa shape index (κ1) is 13.2. The number of hydrogen-bond donors (Lipinski definition) is 2. The largest absolute Gasteiger partial charge is 0.398 e. The van der Waals surface area contributed by atoms with Crippen molar-refractivity contribution in [2.75, 3.05) is 10.5 Å². The average Bonchev–Trinajstić information content (AvgIpc) is 2.34. The highest BCUT2D eigenvalue weighted by Gasteiger charge is 2.19. The SMILES string of the molecule is Cc1cc(N)c(S(=O)(=O)Nc2nccnn2)cc1C. The lowest BCUT2D eigenvalue weighted by molar-refractivity contribution is 0.601. The van der Waals surface area contributed by atoms with E-state index in [1.807, 2.05) is 13.8 Å². The van der Waals surface area contributed by atoms with Crippen LogP contribution in [0.2, 0.25) is 0 Å². The van der Waals surface area contributed by atoms with E-state index in [0.29, 0.717) is 0 Å². The highest BCUT2D eigenvalue weighted by molar-refractivity contribution is 7.92. The van der Waals surface area contributed by atoms with E-state index in [1.165, 1.54) is 18.5 Å². The number of aromatic nitrogens is 3. The van der Waals surface area contributed by atoms with Crippen LogP contribution in [0.4, 0.5) is 11.6 Å². The highest BCUT2D eigenvalue weighted by Crippen LogP contribution is 2.23. The Bertz CT molecular complexity index is 701. The highest BCUT2D eigenvalue weighted by atomic mass is 32.2. The van der Waals surface area contributed by atoms with Gasteiger partial charge in [-0.15, -0.1) is 5.10 Å². The van der Waals surface area contributed by atoms with E-state index in [2.05, 4.69) is 19.9 Å². The number of anilines is 2. The number of benzene rings is 1. The maximum absolute atomic E-state index is 12.2. The third-order valence-corrected chi connectivity index (χ3v) is 4.01. The zero-order chi connectivity index (χ0) is 14.0. The molecule has 2 aromatic rings. The summed E-state index contributed by atoms with van der Waals surface area (Å²) in [6, 6.07) is 3.14. The van der Waals surface area contributed by atoms with E-state index in [1.54, 1.807) is 6.07 Å². The van der Waals surface area contributed by atoms with Gasteiger partial charge in [-0.05, 0) is 37.1 Å². The lowest BCUT2D eigenvalue weighted by Crippen LogP contribution is -2.17. The van der Waals surface area contributed by atoms with Crippen LogP contribution in [0.15, 0.2) is 29.4 Å². The Morgan fingerprint density at radius 3 is 2.47 bits per heavy atom. The first-order valence-corrected chi connectivity index (χ1v) is 6.92. The van der Waals surface area contributed by atoms with E-state index < -0.39 is 10.0 Å². The Labute approximate surface area is 110 Å². The third kappa shape index (κ3) is 2.79. The van der Waals surface area contributed by atoms with E-state index >= 15 is 0 Å². The number of nitrogens with zero attached hydrogens (tertiary/aromatic N) is 3. The minimum absolute atomic E-state index is 0.00283. The molecule has 0 aliphatic heterocycles. The second kappa shape index (κ2) is 4.81. The molecule has 100 valence electrons. The molecule has 1 heterocycles. The van der Waals surface area contributed by atoms with Crippen molar-refractivity contribution < 1.29 is 8.42 Å². The van der Waals surface area contributed by atoms with Gasteiger partial charge in [-0.25, -0.2) is 18.1 Å². The fraction of sp³-hybridized carbons (Fsp3) is 0.182. The summed E-state index contributed by atoms with van der Waals surface area (Å²) in [4.78, 5) is 3.76. The molecule has 19 heavy (non-hydrogen) atoms. The van der Waals surface area contributed by atoms with Gasteiger partial charge in [-0.3, -0.25) is 0 Å². The number of aryl methyl sites for hydroxylation is 2. The van der Waals surface area contributed by atoms with Gasteiger partial charge in [0, 0.05) is 0 Å². The predicted octanol–water partition coefficient (Wildman–Crippen LogP) is 0.871. The van der Waals surface area contributed by atoms with Crippen LogP contribution >= 0.6 is 0 Å². The van der Waals surface area contributed by atoms with Gasteiger partial charge in [0.05, 0.1) is 18.1 Å². The Morgan fingerprint density at radius 1 is 1.16 bits per heavy atom. The van der Waals surface area contributed by atoms with Crippen LogP contribution in [0, 0.1) is 13.8 Å². The summed E-state index contributed by atoms with van der Waals surface area (Å²) in [5.41, 5.74) is 7.69. The van der Waals surface area contributed by atoms with Gasteiger partial charge in [-0.2, -0.15) is 5.10 Å². The van der Waals surface area contributed by atoms with E-state index in [-0.39, 0.29) is 16.5 Å². The van der Waals surface area contributed by atoms with Crippen LogP contribution in [-0.4, -0.2) is 23.6 Å². The summed E-state index contributed by atoms with van der Waals surface area (Å²) in [6.45, 7) is 3.67. The lowest BCUT2D eigenvalue weighted by Gasteiger charge is -2.10. The van der Waals surface area contributed by atoms with Crippen molar-refractivity contribution in [2.24, 2.45) is 0 Å². The lowest BCUT2D eigenvalue weighted by atomic mass is 10.1. The molecule has 0 radical (unpaired) electrons. The number of nitrogens with two attached hydrogens (primary N) is 1. The fourth-order valence-corrected chi connectivity index (χ4v) is 2.66. The Morgan fingerprint density at radius 2 is 1.84 bits per heavy atom. The maximum Gasteiger partial charge on any atom is 0.266 e. The molecule has 0 amide bonds. The second-order valence-electron chi connectivity index (χ2n) is 4.05. The molecule has 3 N–H and O–H groups in total. The quantitative estimate of drug-likeness (QED) is 0.806. The van der Waals surface area contributed by atoms with Gasteiger partial charge in [-0.1, -0.05) is 0 Å². The van der Waals surface area contributed by atoms with E-state index in [4.69, 9.17) is 5.73 Å². The number of hydrogen-bond acceptors (Lipinski definition) is 6. The van der Waals surface area contributed by atoms with Crippen molar-refractivity contribution >= 4 is 21.7 Å². The molecule has 0 spiro atoms. The number of nitrogen functional groups attached to an aromatic ring is 1. The summed E-state index contributed by atoms with van der Waals surface area (Å²) in [7, 11) is -3.82. The number of sulfonamides is 1. The molecular formula is C11H13N5O2S. The first-order valence-electron chi connectivity index (χ1n) is 5.43. The van der Waals surface area contributed by atoms with Gasteiger partial charge in [0.15, 0.2) is 0 Å². The van der Waals surface area contributed by atoms with Gasteiger partial charge >= 0.3 is 0 Å². The Balaban J connectivity index is 2.43. The molecule has 0 saturated heterocycles. The van der Waals surface area contributed by atoms with Crippen LogP contribution < -0.4 is 10.5 Å². The van der Waals surface area contributed by atoms with Crippen molar-refractivity contribution in [1.82, 2.24) is 15.2 Å². The predicted molar refractivity (Wildman–Crippen MR) is 71.0 cm³/mol. The first-order chi connectivity index (χ1) is 8.90. The summed E-state index contributed by atoms with van der Waals surface area (Å²) in [5.74, 6) is -0.0971.